The SMILES string of the molecule is BrCc1ccccc1.CN(c1nccc(-c2ccc3ccccc3c2)n1)C1CCN(Cc2ccccc2)CC1.CN(c1nccc(-c2ccc3ccccc3c2)n1)C1CCNCC1. The number of anilines is 2. The molecule has 0 atom stereocenters. The summed E-state index contributed by atoms with van der Waals surface area (Å²) in [6.45, 7) is 5.38. The third kappa shape index (κ3) is 11.7. The van der Waals surface area contributed by atoms with Crippen LogP contribution in [0.3, 0.4) is 0 Å². The molecule has 0 unspecified atom stereocenters. The first kappa shape index (κ1) is 43.6. The number of halogens is 1. The number of aromatic nitrogens is 4. The Morgan fingerprint density at radius 3 is 1.44 bits per heavy atom. The van der Waals surface area contributed by atoms with Gasteiger partial charge < -0.3 is 15.1 Å². The molecule has 0 radical (unpaired) electrons. The summed E-state index contributed by atoms with van der Waals surface area (Å²) < 4.78 is 0. The lowest BCUT2D eigenvalue weighted by Gasteiger charge is -2.36. The number of hydrogen-bond acceptors (Lipinski definition) is 8. The second-order valence-corrected chi connectivity index (χ2v) is 17.0. The smallest absolute Gasteiger partial charge is 0.225 e. The largest absolute Gasteiger partial charge is 0.341 e. The molecule has 0 bridgehead atoms. The molecule has 10 rings (SSSR count). The van der Waals surface area contributed by atoms with E-state index in [1.807, 2.05) is 42.7 Å². The average Bonchev–Trinajstić information content (AvgIpc) is 3.37. The lowest BCUT2D eigenvalue weighted by molar-refractivity contribution is 0.203. The standard InChI is InChI=1S/C27H28N4.C20H22N4.C7H7Br/c1-30(25-14-17-31(18-15-25)20-21-7-3-2-4-8-21)27-28-16-13-26(29-27)24-12-11-22-9-5-6-10-23(22)19-24;1-24(18-8-11-21-12-9-18)20-22-13-10-19(23-20)17-7-6-15-4-2-3-5-16(15)14-17;8-6-7-4-2-1-3-5-7/h2-13,16,19,25H,14-15,17-18,20H2,1H3;2-7,10,13-14,18,21H,8-9,11-12H2,1H3;1-5H,6H2. The first-order valence-electron chi connectivity index (χ1n) is 22.2. The third-order valence-electron chi connectivity index (χ3n) is 12.2. The maximum absolute atomic E-state index is 4.91. The Kier molecular flexibility index (Phi) is 15.2. The Balaban J connectivity index is 0.000000150. The van der Waals surface area contributed by atoms with Gasteiger partial charge in [0.1, 0.15) is 0 Å². The summed E-state index contributed by atoms with van der Waals surface area (Å²) in [7, 11) is 4.24. The highest BCUT2D eigenvalue weighted by Gasteiger charge is 2.24. The van der Waals surface area contributed by atoms with E-state index in [0.717, 1.165) is 98.1 Å². The lowest BCUT2D eigenvalue weighted by Crippen LogP contribution is -2.43. The van der Waals surface area contributed by atoms with E-state index in [4.69, 9.17) is 9.97 Å². The van der Waals surface area contributed by atoms with Crippen molar-refractivity contribution in [1.82, 2.24) is 30.2 Å². The van der Waals surface area contributed by atoms with Crippen molar-refractivity contribution in [2.75, 3.05) is 50.1 Å². The number of nitrogens with one attached hydrogen (secondary N) is 1. The van der Waals surface area contributed by atoms with E-state index in [0.29, 0.717) is 12.1 Å². The molecule has 9 heteroatoms. The number of nitrogens with zero attached hydrogens (tertiary/aromatic N) is 7. The van der Waals surface area contributed by atoms with Gasteiger partial charge in [-0.15, -0.1) is 0 Å². The molecule has 8 aromatic rings. The van der Waals surface area contributed by atoms with Gasteiger partial charge in [-0.1, -0.05) is 149 Å². The maximum atomic E-state index is 4.91. The van der Waals surface area contributed by atoms with Crippen LogP contribution >= 0.6 is 15.9 Å². The number of alkyl halides is 1. The van der Waals surface area contributed by atoms with Gasteiger partial charge >= 0.3 is 0 Å². The first-order valence-corrected chi connectivity index (χ1v) is 23.3. The molecular formula is C54H57BrN8. The van der Waals surface area contributed by atoms with Gasteiger partial charge in [0.15, 0.2) is 0 Å². The summed E-state index contributed by atoms with van der Waals surface area (Å²) in [5.74, 6) is 1.62. The van der Waals surface area contributed by atoms with Crippen LogP contribution in [-0.2, 0) is 11.9 Å². The van der Waals surface area contributed by atoms with E-state index >= 15 is 0 Å². The van der Waals surface area contributed by atoms with Crippen molar-refractivity contribution in [2.45, 2.75) is 49.6 Å². The van der Waals surface area contributed by atoms with Gasteiger partial charge in [-0.05, 0) is 95.7 Å². The van der Waals surface area contributed by atoms with E-state index in [-0.39, 0.29) is 0 Å². The predicted octanol–water partition coefficient (Wildman–Crippen LogP) is 11.5. The molecule has 2 fully saturated rings. The second kappa shape index (κ2) is 21.9. The molecular weight excluding hydrogens is 841 g/mol. The van der Waals surface area contributed by atoms with Crippen molar-refractivity contribution < 1.29 is 0 Å². The highest BCUT2D eigenvalue weighted by Crippen LogP contribution is 2.27. The average molecular weight is 898 g/mol. The number of rotatable bonds is 9. The molecule has 320 valence electrons. The Hall–Kier alpha value is -6.00. The minimum atomic E-state index is 0.471. The Morgan fingerprint density at radius 2 is 0.968 bits per heavy atom. The quantitative estimate of drug-likeness (QED) is 0.144. The first-order chi connectivity index (χ1) is 31.0. The van der Waals surface area contributed by atoms with E-state index in [1.165, 1.54) is 32.7 Å². The van der Waals surface area contributed by atoms with Crippen LogP contribution in [-0.4, -0.2) is 77.2 Å². The molecule has 8 nitrogen and oxygen atoms in total. The summed E-state index contributed by atoms with van der Waals surface area (Å²) in [6, 6.07) is 55.9. The van der Waals surface area contributed by atoms with Crippen LogP contribution in [0.25, 0.3) is 44.1 Å². The van der Waals surface area contributed by atoms with Crippen LogP contribution in [0.5, 0.6) is 0 Å². The molecule has 2 aliphatic heterocycles. The van der Waals surface area contributed by atoms with Crippen LogP contribution < -0.4 is 15.1 Å². The third-order valence-corrected chi connectivity index (χ3v) is 12.9. The molecule has 2 aromatic heterocycles. The van der Waals surface area contributed by atoms with Gasteiger partial charge in [0, 0.05) is 74.7 Å². The number of hydrogen-bond donors (Lipinski definition) is 1. The Labute approximate surface area is 381 Å². The van der Waals surface area contributed by atoms with E-state index < -0.39 is 0 Å². The lowest BCUT2D eigenvalue weighted by atomic mass is 10.0. The fourth-order valence-electron chi connectivity index (χ4n) is 8.45. The van der Waals surface area contributed by atoms with Gasteiger partial charge in [0.05, 0.1) is 11.4 Å². The van der Waals surface area contributed by atoms with Gasteiger partial charge in [-0.25, -0.2) is 19.9 Å². The summed E-state index contributed by atoms with van der Waals surface area (Å²) in [5.41, 5.74) is 6.94. The summed E-state index contributed by atoms with van der Waals surface area (Å²) in [4.78, 5) is 25.9. The molecule has 0 spiro atoms. The number of likely N-dealkylation sites (tertiary alicyclic amines) is 1. The van der Waals surface area contributed by atoms with Gasteiger partial charge in [-0.3, -0.25) is 4.90 Å². The maximum Gasteiger partial charge on any atom is 0.225 e. The summed E-state index contributed by atoms with van der Waals surface area (Å²) in [5, 5.41) is 9.34. The summed E-state index contributed by atoms with van der Waals surface area (Å²) in [6.07, 6.45) is 8.29. The van der Waals surface area contributed by atoms with Crippen LogP contribution in [0.2, 0.25) is 0 Å². The molecule has 2 saturated heterocycles. The van der Waals surface area contributed by atoms with Crippen LogP contribution in [0.1, 0.15) is 36.8 Å². The molecule has 1 N–H and O–H groups in total. The number of fused-ring (bicyclic) bond motifs is 2. The topological polar surface area (TPSA) is 73.3 Å². The normalized spacial score (nSPS) is 14.6. The molecule has 63 heavy (non-hydrogen) atoms. The van der Waals surface area contributed by atoms with Crippen molar-refractivity contribution >= 4 is 49.4 Å². The van der Waals surface area contributed by atoms with Crippen LogP contribution in [0.15, 0.2) is 170 Å². The van der Waals surface area contributed by atoms with Gasteiger partial charge in [0.2, 0.25) is 11.9 Å². The zero-order valence-electron chi connectivity index (χ0n) is 36.4. The van der Waals surface area contributed by atoms with E-state index in [9.17, 15) is 0 Å². The molecule has 0 saturated carbocycles. The monoisotopic (exact) mass is 896 g/mol. The van der Waals surface area contributed by atoms with Gasteiger partial charge in [-0.2, -0.15) is 0 Å². The molecule has 2 aliphatic rings. The predicted molar refractivity (Wildman–Crippen MR) is 266 cm³/mol. The molecule has 6 aromatic carbocycles. The van der Waals surface area contributed by atoms with Crippen molar-refractivity contribution in [3.63, 3.8) is 0 Å². The molecule has 4 heterocycles. The van der Waals surface area contributed by atoms with Gasteiger partial charge in [0.25, 0.3) is 0 Å². The second-order valence-electron chi connectivity index (χ2n) is 16.4. The fraction of sp³-hybridized carbons (Fsp3) is 0.259. The highest BCUT2D eigenvalue weighted by molar-refractivity contribution is 9.08. The Bertz CT molecular complexity index is 2650. The number of piperidine rings is 2. The highest BCUT2D eigenvalue weighted by atomic mass is 79.9. The van der Waals surface area contributed by atoms with E-state index in [2.05, 4.69) is 187 Å². The molecule has 0 aliphatic carbocycles. The van der Waals surface area contributed by atoms with Crippen molar-refractivity contribution in [3.05, 3.63) is 181 Å². The van der Waals surface area contributed by atoms with Crippen molar-refractivity contribution in [2.24, 2.45) is 0 Å². The Morgan fingerprint density at radius 1 is 0.524 bits per heavy atom. The fourth-order valence-corrected chi connectivity index (χ4v) is 8.82. The summed E-state index contributed by atoms with van der Waals surface area (Å²) >= 11 is 3.36. The van der Waals surface area contributed by atoms with Crippen molar-refractivity contribution in [1.29, 1.82) is 0 Å². The number of benzene rings is 6. The molecule has 0 amide bonds. The zero-order chi connectivity index (χ0) is 43.2. The minimum Gasteiger partial charge on any atom is -0.341 e. The van der Waals surface area contributed by atoms with E-state index in [1.54, 1.807) is 0 Å². The van der Waals surface area contributed by atoms with Crippen LogP contribution in [0.4, 0.5) is 11.9 Å². The zero-order valence-corrected chi connectivity index (χ0v) is 38.0. The minimum absolute atomic E-state index is 0.471. The van der Waals surface area contributed by atoms with Crippen LogP contribution in [0, 0.1) is 0 Å². The van der Waals surface area contributed by atoms with Crippen molar-refractivity contribution in [3.8, 4) is 22.5 Å².